The maximum Gasteiger partial charge on any atom is 0.269 e. The number of fused-ring (bicyclic) bond motifs is 1. The molecule has 1 aromatic carbocycles. The Labute approximate surface area is 267 Å². The molecule has 0 bridgehead atoms. The number of anilines is 2. The lowest BCUT2D eigenvalue weighted by Gasteiger charge is -2.40. The number of aromatic nitrogens is 3. The average molecular weight is 662 g/mol. The average Bonchev–Trinajstić information content (AvgIpc) is 3.03. The van der Waals surface area contributed by atoms with Gasteiger partial charge in [0.1, 0.15) is 18.1 Å². The third kappa shape index (κ3) is 7.98. The molecular weight excluding hydrogens is 621 g/mol. The largest absolute Gasteiger partial charge is 0.480 e. The van der Waals surface area contributed by atoms with Crippen molar-refractivity contribution in [1.82, 2.24) is 25.3 Å². The molecular formula is C30H40FN7O7S. The number of methoxy groups -OCH3 is 1. The monoisotopic (exact) mass is 661 g/mol. The fourth-order valence-corrected chi connectivity index (χ4v) is 6.49. The first-order valence-electron chi connectivity index (χ1n) is 15.0. The van der Waals surface area contributed by atoms with Crippen molar-refractivity contribution in [3.05, 3.63) is 35.8 Å². The van der Waals surface area contributed by atoms with Crippen LogP contribution in [-0.2, 0) is 30.8 Å². The first-order chi connectivity index (χ1) is 21.9. The molecule has 5 rings (SSSR count). The van der Waals surface area contributed by atoms with E-state index in [1.165, 1.54) is 25.4 Å². The maximum atomic E-state index is 15.3. The summed E-state index contributed by atoms with van der Waals surface area (Å²) in [5.74, 6) is -0.333. The zero-order valence-corrected chi connectivity index (χ0v) is 27.2. The van der Waals surface area contributed by atoms with Crippen molar-refractivity contribution >= 4 is 38.5 Å². The van der Waals surface area contributed by atoms with Gasteiger partial charge in [-0.25, -0.2) is 33.2 Å². The van der Waals surface area contributed by atoms with Gasteiger partial charge in [0.2, 0.25) is 21.9 Å². The normalized spacial score (nSPS) is 16.9. The zero-order valence-electron chi connectivity index (χ0n) is 26.4. The fraction of sp³-hybridized carbons (Fsp3) is 0.533. The van der Waals surface area contributed by atoms with Crippen molar-refractivity contribution in [1.29, 1.82) is 0 Å². The van der Waals surface area contributed by atoms with Crippen LogP contribution < -0.4 is 19.8 Å². The van der Waals surface area contributed by atoms with Gasteiger partial charge in [-0.05, 0) is 69.5 Å². The van der Waals surface area contributed by atoms with E-state index in [0.29, 0.717) is 66.5 Å². The number of benzene rings is 1. The number of likely N-dealkylation sites (tertiary alicyclic amines) is 1. The number of carbonyl (C=O) groups excluding carboxylic acids is 1. The Balaban J connectivity index is 1.50. The van der Waals surface area contributed by atoms with Gasteiger partial charge in [-0.1, -0.05) is 0 Å². The number of amides is 1. The maximum absolute atomic E-state index is 15.3. The third-order valence-corrected chi connectivity index (χ3v) is 8.99. The molecule has 1 amide bonds. The molecule has 3 aromatic rings. The number of hydroxylamine groups is 1. The van der Waals surface area contributed by atoms with Crippen LogP contribution in [0, 0.1) is 11.7 Å². The topological polar surface area (TPSA) is 168 Å². The lowest BCUT2D eigenvalue weighted by Crippen LogP contribution is -2.44. The van der Waals surface area contributed by atoms with Crippen LogP contribution in [-0.4, -0.2) is 104 Å². The minimum atomic E-state index is -3.65. The molecule has 0 radical (unpaired) electrons. The number of halogens is 1. The van der Waals surface area contributed by atoms with Gasteiger partial charge in [0, 0.05) is 36.8 Å². The smallest absolute Gasteiger partial charge is 0.269 e. The highest BCUT2D eigenvalue weighted by atomic mass is 32.2. The second-order valence-corrected chi connectivity index (χ2v) is 13.8. The Bertz CT molecular complexity index is 1680. The van der Waals surface area contributed by atoms with E-state index in [0.717, 1.165) is 32.2 Å². The molecule has 46 heavy (non-hydrogen) atoms. The number of ether oxygens (including phenoxy) is 3. The van der Waals surface area contributed by atoms with Gasteiger partial charge in [0.05, 0.1) is 43.4 Å². The van der Waals surface area contributed by atoms with Crippen LogP contribution in [0.4, 0.5) is 16.0 Å². The number of hydrogen-bond acceptors (Lipinski definition) is 12. The molecule has 0 saturated carbocycles. The number of rotatable bonds is 11. The fourth-order valence-electron chi connectivity index (χ4n) is 5.94. The molecule has 16 heteroatoms. The first-order valence-corrected chi connectivity index (χ1v) is 16.9. The van der Waals surface area contributed by atoms with Crippen molar-refractivity contribution in [2.24, 2.45) is 5.92 Å². The number of morpholine rings is 1. The van der Waals surface area contributed by atoms with Crippen molar-refractivity contribution in [2.75, 3.05) is 69.0 Å². The Morgan fingerprint density at radius 1 is 1.15 bits per heavy atom. The van der Waals surface area contributed by atoms with Crippen molar-refractivity contribution in [3.63, 3.8) is 0 Å². The highest BCUT2D eigenvalue weighted by Crippen LogP contribution is 2.36. The summed E-state index contributed by atoms with van der Waals surface area (Å²) in [6.07, 6.45) is 4.15. The molecule has 2 aliphatic rings. The van der Waals surface area contributed by atoms with E-state index in [9.17, 15) is 13.2 Å². The molecule has 0 spiro atoms. The van der Waals surface area contributed by atoms with Crippen molar-refractivity contribution < 1.29 is 37.0 Å². The van der Waals surface area contributed by atoms with Crippen molar-refractivity contribution in [2.45, 2.75) is 38.8 Å². The van der Waals surface area contributed by atoms with E-state index in [1.807, 2.05) is 18.7 Å². The van der Waals surface area contributed by atoms with E-state index in [-0.39, 0.29) is 24.1 Å². The predicted octanol–water partition coefficient (Wildman–Crippen LogP) is 2.56. The van der Waals surface area contributed by atoms with Gasteiger partial charge in [-0.2, -0.15) is 0 Å². The van der Waals surface area contributed by atoms with E-state index in [1.54, 1.807) is 11.5 Å². The Morgan fingerprint density at radius 3 is 2.52 bits per heavy atom. The van der Waals surface area contributed by atoms with Crippen LogP contribution in [0.5, 0.6) is 5.88 Å². The van der Waals surface area contributed by atoms with Crippen LogP contribution in [0.3, 0.4) is 0 Å². The number of nitrogens with one attached hydrogen (secondary N) is 2. The van der Waals surface area contributed by atoms with E-state index in [2.05, 4.69) is 14.6 Å². The molecule has 250 valence electrons. The first kappa shape index (κ1) is 33.7. The van der Waals surface area contributed by atoms with Crippen LogP contribution in [0.1, 0.15) is 32.3 Å². The summed E-state index contributed by atoms with van der Waals surface area (Å²) >= 11 is 0. The van der Waals surface area contributed by atoms with Gasteiger partial charge in [-0.3, -0.25) is 19.6 Å². The van der Waals surface area contributed by atoms with Crippen LogP contribution in [0.15, 0.2) is 24.4 Å². The summed E-state index contributed by atoms with van der Waals surface area (Å²) in [7, 11) is -2.27. The number of nitrogens with zero attached hydrogens (tertiary/aromatic N) is 5. The van der Waals surface area contributed by atoms with Crippen molar-refractivity contribution in [3.8, 4) is 17.1 Å². The molecule has 4 heterocycles. The number of carbonyl (C=O) groups is 1. The summed E-state index contributed by atoms with van der Waals surface area (Å²) < 4.78 is 58.6. The second-order valence-electron chi connectivity index (χ2n) is 12.1. The lowest BCUT2D eigenvalue weighted by atomic mass is 9.82. The van der Waals surface area contributed by atoms with E-state index >= 15 is 4.39 Å². The summed E-state index contributed by atoms with van der Waals surface area (Å²) in [5.41, 5.74) is 3.29. The Kier molecular flexibility index (Phi) is 10.2. The van der Waals surface area contributed by atoms with Gasteiger partial charge in [-0.15, -0.1) is 0 Å². The molecule has 0 unspecified atom stereocenters. The van der Waals surface area contributed by atoms with Gasteiger partial charge in [0.25, 0.3) is 5.91 Å². The highest BCUT2D eigenvalue weighted by Gasteiger charge is 2.34. The summed E-state index contributed by atoms with van der Waals surface area (Å²) in [6.45, 7) is 7.71. The lowest BCUT2D eigenvalue weighted by molar-refractivity contribution is -0.144. The van der Waals surface area contributed by atoms with Gasteiger partial charge in [0.15, 0.2) is 0 Å². The quantitative estimate of drug-likeness (QED) is 0.203. The number of hydrogen-bond donors (Lipinski definition) is 3. The summed E-state index contributed by atoms with van der Waals surface area (Å²) in [5, 5.41) is 9.26. The Hall–Kier alpha value is -3.70. The SMILES string of the molecule is COc1ncc(-c2nc(N3CCOCC3)nc3c(CN4CCC(C(C)(C)OCC(=O)NO)CC4)cc(F)cc23)cc1NS(C)(=O)=O. The molecule has 2 aliphatic heterocycles. The molecule has 0 atom stereocenters. The minimum absolute atomic E-state index is 0.0847. The molecule has 2 saturated heterocycles. The standard InChI is InChI=1S/C30H40FN7O7S/c1-30(2,45-18-25(39)35-40)21-5-7-37(8-6-21)17-20-13-22(31)15-23-26(33-29(34-27(20)23)38-9-11-44-12-10-38)19-14-24(36-46(4,41)42)28(43-3)32-16-19/h13-16,21,36,40H,5-12,17-18H2,1-4H3,(H,35,39). The van der Waals surface area contributed by atoms with Gasteiger partial charge < -0.3 is 19.1 Å². The number of sulfonamides is 1. The number of pyridine rings is 1. The summed E-state index contributed by atoms with van der Waals surface area (Å²) in [4.78, 5) is 29.8. The third-order valence-electron chi connectivity index (χ3n) is 8.40. The zero-order chi connectivity index (χ0) is 33.1. The highest BCUT2D eigenvalue weighted by molar-refractivity contribution is 7.92. The molecule has 14 nitrogen and oxygen atoms in total. The molecule has 2 fully saturated rings. The minimum Gasteiger partial charge on any atom is -0.480 e. The van der Waals surface area contributed by atoms with Crippen LogP contribution >= 0.6 is 0 Å². The molecule has 0 aliphatic carbocycles. The predicted molar refractivity (Wildman–Crippen MR) is 169 cm³/mol. The molecule has 2 aromatic heterocycles. The summed E-state index contributed by atoms with van der Waals surface area (Å²) in [6, 6.07) is 4.46. The van der Waals surface area contributed by atoms with E-state index in [4.69, 9.17) is 29.4 Å². The van der Waals surface area contributed by atoms with E-state index < -0.39 is 27.3 Å². The number of piperidine rings is 1. The molecule has 3 N–H and O–H groups in total. The Morgan fingerprint density at radius 2 is 1.87 bits per heavy atom. The van der Waals surface area contributed by atoms with Gasteiger partial charge >= 0.3 is 0 Å². The second kappa shape index (κ2) is 14.0. The van der Waals surface area contributed by atoms with Crippen LogP contribution in [0.2, 0.25) is 0 Å². The van der Waals surface area contributed by atoms with Crippen LogP contribution in [0.25, 0.3) is 22.2 Å².